The number of halogens is 1. The number of nitrogens with zero attached hydrogens (tertiary/aromatic N) is 1. The summed E-state index contributed by atoms with van der Waals surface area (Å²) in [5.74, 6) is -0.354. The number of fused-ring (bicyclic) bond motifs is 1. The molecule has 3 N–H and O–H groups in total. The van der Waals surface area contributed by atoms with Gasteiger partial charge < -0.3 is 11.1 Å². The van der Waals surface area contributed by atoms with Gasteiger partial charge in [-0.05, 0) is 38.5 Å². The Hall–Kier alpha value is -1.84. The summed E-state index contributed by atoms with van der Waals surface area (Å²) >= 11 is 0. The zero-order valence-corrected chi connectivity index (χ0v) is 11.6. The molecule has 4 heteroatoms. The molecule has 0 saturated heterocycles. The summed E-state index contributed by atoms with van der Waals surface area (Å²) in [6.07, 6.45) is 3.63. The van der Waals surface area contributed by atoms with E-state index in [9.17, 15) is 4.39 Å². The number of aromatic nitrogens is 1. The first-order valence-corrected chi connectivity index (χ1v) is 6.55. The van der Waals surface area contributed by atoms with Gasteiger partial charge in [-0.25, -0.2) is 4.39 Å². The number of nitrogens with two attached hydrogens (primary N) is 1. The van der Waals surface area contributed by atoms with Crippen molar-refractivity contribution >= 4 is 22.3 Å². The summed E-state index contributed by atoms with van der Waals surface area (Å²) in [6, 6.07) is 5.01. The van der Waals surface area contributed by atoms with Crippen LogP contribution in [-0.4, -0.2) is 10.5 Å². The molecule has 0 aliphatic rings. The van der Waals surface area contributed by atoms with E-state index in [0.717, 1.165) is 18.2 Å². The SMILES string of the molecule is CCCC(C)(C)Nc1c(F)cc(N)c2cccnc12. The summed E-state index contributed by atoms with van der Waals surface area (Å²) in [4.78, 5) is 4.26. The van der Waals surface area contributed by atoms with Crippen LogP contribution in [0.25, 0.3) is 10.9 Å². The van der Waals surface area contributed by atoms with Gasteiger partial charge in [-0.1, -0.05) is 13.3 Å². The molecule has 0 aliphatic carbocycles. The highest BCUT2D eigenvalue weighted by atomic mass is 19.1. The molecule has 0 saturated carbocycles. The minimum Gasteiger partial charge on any atom is -0.398 e. The highest BCUT2D eigenvalue weighted by Crippen LogP contribution is 2.32. The molecule has 0 amide bonds. The van der Waals surface area contributed by atoms with E-state index in [1.165, 1.54) is 6.07 Å². The maximum atomic E-state index is 14.2. The van der Waals surface area contributed by atoms with Crippen LogP contribution in [0.15, 0.2) is 24.4 Å². The fourth-order valence-corrected chi connectivity index (χ4v) is 2.38. The molecule has 2 rings (SSSR count). The molecule has 0 aliphatic heterocycles. The maximum absolute atomic E-state index is 14.2. The van der Waals surface area contributed by atoms with Crippen molar-refractivity contribution in [3.05, 3.63) is 30.2 Å². The lowest BCUT2D eigenvalue weighted by Gasteiger charge is -2.28. The van der Waals surface area contributed by atoms with Gasteiger partial charge in [0, 0.05) is 22.8 Å². The zero-order chi connectivity index (χ0) is 14.0. The molecule has 3 nitrogen and oxygen atoms in total. The van der Waals surface area contributed by atoms with Crippen molar-refractivity contribution in [3.63, 3.8) is 0 Å². The number of hydrogen-bond donors (Lipinski definition) is 2. The number of hydrogen-bond acceptors (Lipinski definition) is 3. The Morgan fingerprint density at radius 2 is 2.16 bits per heavy atom. The molecule has 2 aromatic rings. The number of anilines is 2. The average molecular weight is 261 g/mol. The van der Waals surface area contributed by atoms with Gasteiger partial charge >= 0.3 is 0 Å². The lowest BCUT2D eigenvalue weighted by atomic mass is 9.98. The van der Waals surface area contributed by atoms with Crippen molar-refractivity contribution in [2.75, 3.05) is 11.1 Å². The molecule has 0 radical (unpaired) electrons. The van der Waals surface area contributed by atoms with Crippen LogP contribution in [0.2, 0.25) is 0 Å². The number of pyridine rings is 1. The molecule has 1 aromatic heterocycles. The van der Waals surface area contributed by atoms with Gasteiger partial charge in [-0.15, -0.1) is 0 Å². The van der Waals surface area contributed by atoms with E-state index in [-0.39, 0.29) is 11.4 Å². The second kappa shape index (κ2) is 5.03. The normalized spacial score (nSPS) is 11.8. The van der Waals surface area contributed by atoms with Crippen molar-refractivity contribution in [2.45, 2.75) is 39.2 Å². The zero-order valence-electron chi connectivity index (χ0n) is 11.6. The van der Waals surface area contributed by atoms with Crippen LogP contribution in [0, 0.1) is 5.82 Å². The Bertz CT molecular complexity index is 593. The highest BCUT2D eigenvalue weighted by molar-refractivity contribution is 5.98. The molecule has 0 fully saturated rings. The van der Waals surface area contributed by atoms with E-state index in [1.807, 2.05) is 6.07 Å². The summed E-state index contributed by atoms with van der Waals surface area (Å²) in [7, 11) is 0. The number of benzene rings is 1. The minimum atomic E-state index is -0.354. The molecular weight excluding hydrogens is 241 g/mol. The van der Waals surface area contributed by atoms with Crippen molar-refractivity contribution < 1.29 is 4.39 Å². The van der Waals surface area contributed by atoms with Crippen molar-refractivity contribution in [3.8, 4) is 0 Å². The van der Waals surface area contributed by atoms with E-state index in [0.29, 0.717) is 16.9 Å². The third kappa shape index (κ3) is 2.78. The average Bonchev–Trinajstić information content (AvgIpc) is 2.34. The Labute approximate surface area is 113 Å². The summed E-state index contributed by atoms with van der Waals surface area (Å²) in [6.45, 7) is 6.22. The largest absolute Gasteiger partial charge is 0.398 e. The standard InChI is InChI=1S/C15H20FN3/c1-4-7-15(2,3)19-14-11(16)9-12(17)10-6-5-8-18-13(10)14/h5-6,8-9,19H,4,7,17H2,1-3H3. The first-order valence-electron chi connectivity index (χ1n) is 6.55. The molecule has 0 bridgehead atoms. The van der Waals surface area contributed by atoms with E-state index in [1.54, 1.807) is 12.3 Å². The van der Waals surface area contributed by atoms with Gasteiger partial charge in [0.25, 0.3) is 0 Å². The van der Waals surface area contributed by atoms with E-state index < -0.39 is 0 Å². The summed E-state index contributed by atoms with van der Waals surface area (Å²) < 4.78 is 14.2. The summed E-state index contributed by atoms with van der Waals surface area (Å²) in [5.41, 5.74) is 7.09. The Kier molecular flexibility index (Phi) is 3.60. The fourth-order valence-electron chi connectivity index (χ4n) is 2.38. The van der Waals surface area contributed by atoms with Crippen LogP contribution in [0.5, 0.6) is 0 Å². The molecule has 0 spiro atoms. The predicted octanol–water partition coefficient (Wildman–Crippen LogP) is 3.95. The summed E-state index contributed by atoms with van der Waals surface area (Å²) in [5, 5.41) is 4.04. The second-order valence-corrected chi connectivity index (χ2v) is 5.48. The van der Waals surface area contributed by atoms with Crippen LogP contribution in [0.3, 0.4) is 0 Å². The van der Waals surface area contributed by atoms with Crippen LogP contribution >= 0.6 is 0 Å². The molecule has 19 heavy (non-hydrogen) atoms. The number of nitrogen functional groups attached to an aromatic ring is 1. The molecule has 102 valence electrons. The number of rotatable bonds is 4. The quantitative estimate of drug-likeness (QED) is 0.819. The van der Waals surface area contributed by atoms with E-state index >= 15 is 0 Å². The van der Waals surface area contributed by atoms with Crippen LogP contribution < -0.4 is 11.1 Å². The Balaban J connectivity index is 2.54. The van der Waals surface area contributed by atoms with Crippen molar-refractivity contribution in [2.24, 2.45) is 0 Å². The van der Waals surface area contributed by atoms with Gasteiger partial charge in [-0.2, -0.15) is 0 Å². The fraction of sp³-hybridized carbons (Fsp3) is 0.400. The van der Waals surface area contributed by atoms with Crippen LogP contribution in [0.1, 0.15) is 33.6 Å². The first-order chi connectivity index (χ1) is 8.94. The van der Waals surface area contributed by atoms with Crippen molar-refractivity contribution in [1.82, 2.24) is 4.98 Å². The minimum absolute atomic E-state index is 0.184. The Morgan fingerprint density at radius 1 is 1.42 bits per heavy atom. The monoisotopic (exact) mass is 261 g/mol. The first kappa shape index (κ1) is 13.6. The lowest BCUT2D eigenvalue weighted by molar-refractivity contribution is 0.505. The smallest absolute Gasteiger partial charge is 0.150 e. The van der Waals surface area contributed by atoms with Crippen molar-refractivity contribution in [1.29, 1.82) is 0 Å². The predicted molar refractivity (Wildman–Crippen MR) is 78.7 cm³/mol. The van der Waals surface area contributed by atoms with Gasteiger partial charge in [0.1, 0.15) is 0 Å². The van der Waals surface area contributed by atoms with Crippen LogP contribution in [0.4, 0.5) is 15.8 Å². The van der Waals surface area contributed by atoms with E-state index in [2.05, 4.69) is 31.1 Å². The molecular formula is C15H20FN3. The highest BCUT2D eigenvalue weighted by Gasteiger charge is 2.20. The van der Waals surface area contributed by atoms with Gasteiger partial charge in [0.15, 0.2) is 5.82 Å². The third-order valence-electron chi connectivity index (χ3n) is 3.21. The van der Waals surface area contributed by atoms with E-state index in [4.69, 9.17) is 5.73 Å². The molecule has 1 aromatic carbocycles. The van der Waals surface area contributed by atoms with Gasteiger partial charge in [0.05, 0.1) is 11.2 Å². The van der Waals surface area contributed by atoms with Gasteiger partial charge in [-0.3, -0.25) is 4.98 Å². The third-order valence-corrected chi connectivity index (χ3v) is 3.21. The van der Waals surface area contributed by atoms with Crippen LogP contribution in [-0.2, 0) is 0 Å². The maximum Gasteiger partial charge on any atom is 0.150 e. The number of nitrogens with one attached hydrogen (secondary N) is 1. The van der Waals surface area contributed by atoms with Gasteiger partial charge in [0.2, 0.25) is 0 Å². The second-order valence-electron chi connectivity index (χ2n) is 5.48. The lowest BCUT2D eigenvalue weighted by Crippen LogP contribution is -2.31. The Morgan fingerprint density at radius 3 is 2.84 bits per heavy atom. The molecule has 0 atom stereocenters. The molecule has 0 unspecified atom stereocenters. The topological polar surface area (TPSA) is 50.9 Å². The molecule has 1 heterocycles.